The lowest BCUT2D eigenvalue weighted by molar-refractivity contribution is 0.477. The number of aromatic nitrogens is 1. The molecule has 1 aromatic carbocycles. The molecule has 2 rings (SSSR count). The third-order valence-corrected chi connectivity index (χ3v) is 1.79. The van der Waals surface area contributed by atoms with E-state index >= 15 is 0 Å². The highest BCUT2D eigenvalue weighted by Gasteiger charge is 2.01. The maximum atomic E-state index is 9.46. The first kappa shape index (κ1) is 6.98. The third kappa shape index (κ3) is 1.07. The van der Waals surface area contributed by atoms with Crippen molar-refractivity contribution in [2.45, 2.75) is 0 Å². The Kier molecular flexibility index (Phi) is 1.59. The number of aromatic amines is 1. The second kappa shape index (κ2) is 2.74. The van der Waals surface area contributed by atoms with Crippen LogP contribution in [0.15, 0.2) is 42.6 Å². The molecule has 0 saturated carbocycles. The molecular weight excluding hydrogens is 150 g/mol. The highest BCUT2D eigenvalue weighted by Crippen LogP contribution is 2.26. The summed E-state index contributed by atoms with van der Waals surface area (Å²) in [6.07, 6.45) is 1.84. The van der Waals surface area contributed by atoms with E-state index in [0.29, 0.717) is 5.75 Å². The highest BCUT2D eigenvalue weighted by atomic mass is 16.3. The zero-order valence-electron chi connectivity index (χ0n) is 6.49. The number of phenolic OH excluding ortho intramolecular Hbond substituents is 1. The lowest BCUT2D eigenvalue weighted by atomic mass is 10.1. The van der Waals surface area contributed by atoms with E-state index in [9.17, 15) is 5.11 Å². The molecule has 0 aliphatic carbocycles. The van der Waals surface area contributed by atoms with Gasteiger partial charge in [0.2, 0.25) is 0 Å². The fraction of sp³-hybridized carbons (Fsp3) is 0. The fourth-order valence-corrected chi connectivity index (χ4v) is 1.20. The smallest absolute Gasteiger partial charge is 0.124 e. The number of hydrogen-bond donors (Lipinski definition) is 2. The number of phenols is 1. The molecule has 0 fully saturated rings. The van der Waals surface area contributed by atoms with Crippen LogP contribution in [0.1, 0.15) is 0 Å². The van der Waals surface area contributed by atoms with E-state index in [4.69, 9.17) is 0 Å². The topological polar surface area (TPSA) is 36.0 Å². The molecule has 0 radical (unpaired) electrons. The second-order valence-electron chi connectivity index (χ2n) is 2.60. The van der Waals surface area contributed by atoms with Crippen molar-refractivity contribution < 1.29 is 5.11 Å². The summed E-state index contributed by atoms with van der Waals surface area (Å²) in [6, 6.07) is 11.1. The first-order valence-corrected chi connectivity index (χ1v) is 3.79. The lowest BCUT2D eigenvalue weighted by Crippen LogP contribution is -1.76. The van der Waals surface area contributed by atoms with Crippen molar-refractivity contribution in [1.29, 1.82) is 0 Å². The monoisotopic (exact) mass is 159 g/mol. The van der Waals surface area contributed by atoms with E-state index in [1.165, 1.54) is 0 Å². The summed E-state index contributed by atoms with van der Waals surface area (Å²) >= 11 is 0. The van der Waals surface area contributed by atoms with Gasteiger partial charge in [-0.3, -0.25) is 0 Å². The van der Waals surface area contributed by atoms with Crippen LogP contribution >= 0.6 is 0 Å². The van der Waals surface area contributed by atoms with Crippen molar-refractivity contribution in [3.05, 3.63) is 42.6 Å². The number of benzene rings is 1. The van der Waals surface area contributed by atoms with Gasteiger partial charge < -0.3 is 10.1 Å². The Bertz CT molecular complexity index is 365. The molecule has 2 nitrogen and oxygen atoms in total. The number of aromatic hydroxyl groups is 1. The molecule has 1 heterocycles. The zero-order chi connectivity index (χ0) is 8.39. The molecule has 0 atom stereocenters. The Labute approximate surface area is 70.5 Å². The normalized spacial score (nSPS) is 10.0. The minimum absolute atomic E-state index is 0.306. The molecule has 2 N–H and O–H groups in total. The first-order valence-electron chi connectivity index (χ1n) is 3.79. The van der Waals surface area contributed by atoms with Crippen molar-refractivity contribution in [2.24, 2.45) is 0 Å². The summed E-state index contributed by atoms with van der Waals surface area (Å²) in [5.74, 6) is 0.306. The molecule has 0 aliphatic rings. The van der Waals surface area contributed by atoms with E-state index in [-0.39, 0.29) is 0 Å². The van der Waals surface area contributed by atoms with Gasteiger partial charge in [0.1, 0.15) is 5.75 Å². The van der Waals surface area contributed by atoms with Gasteiger partial charge in [0.05, 0.1) is 0 Å². The fourth-order valence-electron chi connectivity index (χ4n) is 1.20. The summed E-state index contributed by atoms with van der Waals surface area (Å²) in [6.45, 7) is 0. The molecule has 1 aromatic heterocycles. The SMILES string of the molecule is Oc1ccccc1-c1ccc[nH]1. The number of nitrogens with one attached hydrogen (secondary N) is 1. The van der Waals surface area contributed by atoms with Gasteiger partial charge in [-0.05, 0) is 24.3 Å². The molecular formula is C10H9NO. The summed E-state index contributed by atoms with van der Waals surface area (Å²) in [7, 11) is 0. The van der Waals surface area contributed by atoms with Gasteiger partial charge in [-0.25, -0.2) is 0 Å². The van der Waals surface area contributed by atoms with Crippen LogP contribution in [0.25, 0.3) is 11.3 Å². The van der Waals surface area contributed by atoms with Gasteiger partial charge in [-0.2, -0.15) is 0 Å². The Hall–Kier alpha value is -1.70. The maximum absolute atomic E-state index is 9.46. The average Bonchev–Trinajstić information content (AvgIpc) is 2.57. The highest BCUT2D eigenvalue weighted by molar-refractivity contribution is 5.66. The van der Waals surface area contributed by atoms with Crippen LogP contribution < -0.4 is 0 Å². The van der Waals surface area contributed by atoms with Crippen molar-refractivity contribution in [2.75, 3.05) is 0 Å². The quantitative estimate of drug-likeness (QED) is 0.658. The molecule has 2 aromatic rings. The Morgan fingerprint density at radius 1 is 1.00 bits per heavy atom. The van der Waals surface area contributed by atoms with Crippen molar-refractivity contribution in [1.82, 2.24) is 4.98 Å². The number of hydrogen-bond acceptors (Lipinski definition) is 1. The van der Waals surface area contributed by atoms with Crippen LogP contribution in [-0.4, -0.2) is 10.1 Å². The van der Waals surface area contributed by atoms with Crippen LogP contribution in [-0.2, 0) is 0 Å². The van der Waals surface area contributed by atoms with Crippen LogP contribution in [0.2, 0.25) is 0 Å². The molecule has 0 amide bonds. The molecule has 2 heteroatoms. The lowest BCUT2D eigenvalue weighted by Gasteiger charge is -1.99. The van der Waals surface area contributed by atoms with Crippen molar-refractivity contribution >= 4 is 0 Å². The molecule has 0 spiro atoms. The van der Waals surface area contributed by atoms with Gasteiger partial charge in [-0.1, -0.05) is 12.1 Å². The molecule has 0 aliphatic heterocycles. The summed E-state index contributed by atoms with van der Waals surface area (Å²) in [4.78, 5) is 3.03. The average molecular weight is 159 g/mol. The second-order valence-corrected chi connectivity index (χ2v) is 2.60. The maximum Gasteiger partial charge on any atom is 0.124 e. The Balaban J connectivity index is 2.55. The van der Waals surface area contributed by atoms with E-state index in [0.717, 1.165) is 11.3 Å². The van der Waals surface area contributed by atoms with E-state index in [1.54, 1.807) is 6.07 Å². The van der Waals surface area contributed by atoms with E-state index in [2.05, 4.69) is 4.98 Å². The van der Waals surface area contributed by atoms with Gasteiger partial charge >= 0.3 is 0 Å². The molecule has 0 saturated heterocycles. The largest absolute Gasteiger partial charge is 0.507 e. The predicted octanol–water partition coefficient (Wildman–Crippen LogP) is 2.39. The van der Waals surface area contributed by atoms with Crippen LogP contribution in [0, 0.1) is 0 Å². The molecule has 12 heavy (non-hydrogen) atoms. The number of H-pyrrole nitrogens is 1. The standard InChI is InChI=1S/C10H9NO/c12-10-6-2-1-4-8(10)9-5-3-7-11-9/h1-7,11-12H. The predicted molar refractivity (Wildman–Crippen MR) is 47.9 cm³/mol. The number of rotatable bonds is 1. The van der Waals surface area contributed by atoms with Crippen molar-refractivity contribution in [3.8, 4) is 17.0 Å². The number of para-hydroxylation sites is 1. The Morgan fingerprint density at radius 2 is 1.83 bits per heavy atom. The van der Waals surface area contributed by atoms with E-state index in [1.807, 2.05) is 36.5 Å². The van der Waals surface area contributed by atoms with Gasteiger partial charge in [0.15, 0.2) is 0 Å². The van der Waals surface area contributed by atoms with Gasteiger partial charge in [0, 0.05) is 17.5 Å². The third-order valence-electron chi connectivity index (χ3n) is 1.79. The van der Waals surface area contributed by atoms with Crippen LogP contribution in [0.4, 0.5) is 0 Å². The van der Waals surface area contributed by atoms with Crippen molar-refractivity contribution in [3.63, 3.8) is 0 Å². The van der Waals surface area contributed by atoms with Gasteiger partial charge in [-0.15, -0.1) is 0 Å². The summed E-state index contributed by atoms with van der Waals surface area (Å²) in [5, 5.41) is 9.46. The summed E-state index contributed by atoms with van der Waals surface area (Å²) < 4.78 is 0. The molecule has 0 unspecified atom stereocenters. The molecule has 60 valence electrons. The summed E-state index contributed by atoms with van der Waals surface area (Å²) in [5.41, 5.74) is 1.77. The van der Waals surface area contributed by atoms with E-state index < -0.39 is 0 Å². The van der Waals surface area contributed by atoms with Crippen LogP contribution in [0.3, 0.4) is 0 Å². The van der Waals surface area contributed by atoms with Crippen LogP contribution in [0.5, 0.6) is 5.75 Å². The van der Waals surface area contributed by atoms with Gasteiger partial charge in [0.25, 0.3) is 0 Å². The molecule has 0 bridgehead atoms. The minimum Gasteiger partial charge on any atom is -0.507 e. The Morgan fingerprint density at radius 3 is 2.50 bits per heavy atom. The zero-order valence-corrected chi connectivity index (χ0v) is 6.49. The minimum atomic E-state index is 0.306. The first-order chi connectivity index (χ1) is 5.88.